The molecule has 7 nitrogen and oxygen atoms in total. The van der Waals surface area contributed by atoms with Crippen molar-refractivity contribution in [1.29, 1.82) is 0 Å². The highest BCUT2D eigenvalue weighted by Crippen LogP contribution is 2.39. The summed E-state index contributed by atoms with van der Waals surface area (Å²) in [4.78, 5) is 36.5. The predicted octanol–water partition coefficient (Wildman–Crippen LogP) is 4.03. The molecule has 2 aromatic rings. The number of carboxylic acid groups (broad SMARTS) is 1. The van der Waals surface area contributed by atoms with E-state index < -0.39 is 55.2 Å². The largest absolute Gasteiger partial charge is 0.464 e. The van der Waals surface area contributed by atoms with Crippen LogP contribution in [0, 0.1) is 5.82 Å². The fourth-order valence-electron chi connectivity index (χ4n) is 3.50. The lowest BCUT2D eigenvalue weighted by Crippen LogP contribution is -2.57. The number of amides is 2. The minimum Gasteiger partial charge on any atom is -0.464 e. The Hall–Kier alpha value is -3.27. The van der Waals surface area contributed by atoms with E-state index in [0.717, 1.165) is 17.1 Å². The maximum absolute atomic E-state index is 14.0. The molecule has 170 valence electrons. The lowest BCUT2D eigenvalue weighted by molar-refractivity contribution is -0.131. The summed E-state index contributed by atoms with van der Waals surface area (Å²) in [5, 5.41) is 13.7. The number of hydrogen-bond acceptors (Lipinski definition) is 4. The van der Waals surface area contributed by atoms with Gasteiger partial charge in [0.1, 0.15) is 18.6 Å². The standard InChI is InChI=1S/C21H19ClF3N3O4/c22-17-7-2-1-6-16(17)18(19(30)26-14-11-21(24,25)12-14)28(27(8-9-29)20(31)32)15-5-3-4-13(23)10-15/h1-7,9-10,14,18H,8,11-12H2,(H,26,30)(H,31,32). The van der Waals surface area contributed by atoms with Gasteiger partial charge >= 0.3 is 6.09 Å². The summed E-state index contributed by atoms with van der Waals surface area (Å²) < 4.78 is 40.6. The molecular formula is C21H19ClF3N3O4. The second-order valence-electron chi connectivity index (χ2n) is 7.25. The van der Waals surface area contributed by atoms with Gasteiger partial charge in [0.15, 0.2) is 6.04 Å². The third kappa shape index (κ3) is 5.13. The second-order valence-corrected chi connectivity index (χ2v) is 7.66. The molecule has 3 rings (SSSR count). The predicted molar refractivity (Wildman–Crippen MR) is 110 cm³/mol. The first-order chi connectivity index (χ1) is 15.1. The SMILES string of the molecule is O=CCN(C(=O)O)N(c1cccc(F)c1)C(C(=O)NC1CC(F)(F)C1)c1ccccc1Cl. The van der Waals surface area contributed by atoms with Gasteiger partial charge in [0.05, 0.1) is 5.69 Å². The van der Waals surface area contributed by atoms with E-state index in [1.807, 2.05) is 0 Å². The van der Waals surface area contributed by atoms with Crippen LogP contribution in [0.25, 0.3) is 0 Å². The van der Waals surface area contributed by atoms with Gasteiger partial charge in [0, 0.05) is 29.5 Å². The first-order valence-electron chi connectivity index (χ1n) is 9.54. The molecule has 0 bridgehead atoms. The van der Waals surface area contributed by atoms with Crippen molar-refractivity contribution in [2.45, 2.75) is 30.8 Å². The van der Waals surface area contributed by atoms with Crippen molar-refractivity contribution in [1.82, 2.24) is 10.3 Å². The van der Waals surface area contributed by atoms with E-state index in [4.69, 9.17) is 11.6 Å². The van der Waals surface area contributed by atoms with Gasteiger partial charge in [0.2, 0.25) is 5.91 Å². The summed E-state index contributed by atoms with van der Waals surface area (Å²) >= 11 is 6.28. The average Bonchev–Trinajstić information content (AvgIpc) is 2.70. The summed E-state index contributed by atoms with van der Waals surface area (Å²) in [6.07, 6.45) is -2.42. The number of anilines is 1. The highest BCUT2D eigenvalue weighted by molar-refractivity contribution is 6.31. The van der Waals surface area contributed by atoms with E-state index >= 15 is 0 Å². The Morgan fingerprint density at radius 3 is 2.47 bits per heavy atom. The van der Waals surface area contributed by atoms with Gasteiger partial charge in [-0.2, -0.15) is 0 Å². The van der Waals surface area contributed by atoms with Crippen molar-refractivity contribution in [2.75, 3.05) is 11.6 Å². The second kappa shape index (κ2) is 9.47. The monoisotopic (exact) mass is 469 g/mol. The molecule has 1 fully saturated rings. The molecule has 2 amide bonds. The van der Waals surface area contributed by atoms with E-state index in [1.165, 1.54) is 24.3 Å². The highest BCUT2D eigenvalue weighted by atomic mass is 35.5. The van der Waals surface area contributed by atoms with E-state index in [0.29, 0.717) is 11.3 Å². The van der Waals surface area contributed by atoms with Gasteiger partial charge < -0.3 is 15.2 Å². The van der Waals surface area contributed by atoms with Crippen LogP contribution in [0.5, 0.6) is 0 Å². The van der Waals surface area contributed by atoms with Crippen LogP contribution in [-0.4, -0.2) is 46.9 Å². The van der Waals surface area contributed by atoms with Gasteiger partial charge in [-0.25, -0.2) is 23.0 Å². The zero-order chi connectivity index (χ0) is 23.5. The number of benzene rings is 2. The molecule has 2 N–H and O–H groups in total. The number of aldehydes is 1. The molecule has 1 unspecified atom stereocenters. The zero-order valence-corrected chi connectivity index (χ0v) is 17.3. The molecule has 0 aliphatic heterocycles. The number of nitrogens with zero attached hydrogens (tertiary/aromatic N) is 2. The van der Waals surface area contributed by atoms with Crippen LogP contribution in [0.2, 0.25) is 5.02 Å². The molecule has 11 heteroatoms. The maximum Gasteiger partial charge on any atom is 0.426 e. The minimum atomic E-state index is -2.90. The van der Waals surface area contributed by atoms with Crippen molar-refractivity contribution in [3.05, 3.63) is 64.9 Å². The molecule has 32 heavy (non-hydrogen) atoms. The van der Waals surface area contributed by atoms with Crippen LogP contribution in [0.3, 0.4) is 0 Å². The van der Waals surface area contributed by atoms with Crippen molar-refractivity contribution >= 4 is 35.6 Å². The summed E-state index contributed by atoms with van der Waals surface area (Å²) in [5.41, 5.74) is 0.0763. The number of halogens is 4. The lowest BCUT2D eigenvalue weighted by atomic mass is 9.88. The number of carbonyl (C=O) groups excluding carboxylic acids is 2. The summed E-state index contributed by atoms with van der Waals surface area (Å²) in [7, 11) is 0. The van der Waals surface area contributed by atoms with Crippen LogP contribution in [0.1, 0.15) is 24.4 Å². The normalized spacial score (nSPS) is 15.9. The van der Waals surface area contributed by atoms with E-state index in [9.17, 15) is 32.7 Å². The number of carbonyl (C=O) groups is 3. The molecule has 0 heterocycles. The fourth-order valence-corrected chi connectivity index (χ4v) is 3.74. The van der Waals surface area contributed by atoms with Gasteiger partial charge in [-0.05, 0) is 24.3 Å². The topological polar surface area (TPSA) is 90.0 Å². The number of alkyl halides is 2. The number of hydrogen-bond donors (Lipinski definition) is 2. The number of rotatable bonds is 8. The Balaban J connectivity index is 2.12. The maximum atomic E-state index is 14.0. The first-order valence-corrected chi connectivity index (χ1v) is 9.92. The summed E-state index contributed by atoms with van der Waals surface area (Å²) in [6.45, 7) is -0.679. The number of hydrazine groups is 1. The Morgan fingerprint density at radius 1 is 1.22 bits per heavy atom. The molecule has 0 aromatic heterocycles. The van der Waals surface area contributed by atoms with Crippen molar-refractivity contribution in [3.8, 4) is 0 Å². The Labute approximate surface area is 186 Å². The average molecular weight is 470 g/mol. The molecule has 2 aromatic carbocycles. The first kappa shape index (κ1) is 23.4. The van der Waals surface area contributed by atoms with Crippen molar-refractivity contribution in [3.63, 3.8) is 0 Å². The third-order valence-electron chi connectivity index (χ3n) is 4.93. The zero-order valence-electron chi connectivity index (χ0n) is 16.6. The molecule has 0 radical (unpaired) electrons. The molecule has 0 spiro atoms. The molecular weight excluding hydrogens is 451 g/mol. The molecule has 0 saturated heterocycles. The Morgan fingerprint density at radius 2 is 1.91 bits per heavy atom. The molecule has 1 atom stereocenters. The third-order valence-corrected chi connectivity index (χ3v) is 5.27. The number of nitrogens with one attached hydrogen (secondary N) is 1. The van der Waals surface area contributed by atoms with Crippen LogP contribution in [0.15, 0.2) is 48.5 Å². The molecule has 1 aliphatic rings. The van der Waals surface area contributed by atoms with Crippen LogP contribution in [-0.2, 0) is 9.59 Å². The van der Waals surface area contributed by atoms with Crippen LogP contribution >= 0.6 is 11.6 Å². The molecule has 1 aliphatic carbocycles. The van der Waals surface area contributed by atoms with Gasteiger partial charge in [0.25, 0.3) is 5.92 Å². The van der Waals surface area contributed by atoms with Crippen molar-refractivity contribution < 1.29 is 32.7 Å². The van der Waals surface area contributed by atoms with Gasteiger partial charge in [-0.3, -0.25) is 9.80 Å². The van der Waals surface area contributed by atoms with E-state index in [1.54, 1.807) is 12.1 Å². The highest BCUT2D eigenvalue weighted by Gasteiger charge is 2.47. The van der Waals surface area contributed by atoms with Gasteiger partial charge in [-0.15, -0.1) is 0 Å². The quantitative estimate of drug-likeness (QED) is 0.450. The minimum absolute atomic E-state index is 0.0618. The van der Waals surface area contributed by atoms with E-state index in [-0.39, 0.29) is 16.3 Å². The summed E-state index contributed by atoms with van der Waals surface area (Å²) in [5.74, 6) is -4.45. The Kier molecular flexibility index (Phi) is 6.93. The smallest absolute Gasteiger partial charge is 0.426 e. The van der Waals surface area contributed by atoms with E-state index in [2.05, 4.69) is 5.32 Å². The fraction of sp³-hybridized carbons (Fsp3) is 0.286. The molecule has 1 saturated carbocycles. The van der Waals surface area contributed by atoms with Crippen LogP contribution in [0.4, 0.5) is 23.7 Å². The van der Waals surface area contributed by atoms with Crippen molar-refractivity contribution in [2.24, 2.45) is 0 Å². The van der Waals surface area contributed by atoms with Crippen LogP contribution < -0.4 is 10.3 Å². The summed E-state index contributed by atoms with van der Waals surface area (Å²) in [6, 6.07) is 8.46. The Bertz CT molecular complexity index is 1020. The lowest BCUT2D eigenvalue weighted by Gasteiger charge is -2.41. The van der Waals surface area contributed by atoms with Gasteiger partial charge in [-0.1, -0.05) is 35.9 Å².